The van der Waals surface area contributed by atoms with Crippen molar-refractivity contribution in [2.45, 2.75) is 79.9 Å². The van der Waals surface area contributed by atoms with Gasteiger partial charge in [-0.25, -0.2) is 0 Å². The van der Waals surface area contributed by atoms with Crippen molar-refractivity contribution in [1.29, 1.82) is 0 Å². The van der Waals surface area contributed by atoms with Crippen LogP contribution in [0.1, 0.15) is 67.7 Å². The summed E-state index contributed by atoms with van der Waals surface area (Å²) in [7, 11) is 0. The van der Waals surface area contributed by atoms with Crippen LogP contribution < -0.4 is 0 Å². The highest BCUT2D eigenvalue weighted by Crippen LogP contribution is 2.29. The summed E-state index contributed by atoms with van der Waals surface area (Å²) in [5.74, 6) is -2.36. The van der Waals surface area contributed by atoms with Gasteiger partial charge in [0.2, 0.25) is 0 Å². The molecule has 0 unspecified atom stereocenters. The molecule has 8 atom stereocenters. The lowest BCUT2D eigenvalue weighted by Crippen LogP contribution is -2.42. The molecular formula is C21H36O5. The average Bonchev–Trinajstić information content (AvgIpc) is 2.61. The molecule has 26 heavy (non-hydrogen) atoms. The van der Waals surface area contributed by atoms with E-state index in [1.165, 1.54) is 0 Å². The number of Topliss-reactive ketones (excluding diaryl/α,β-unsaturated/α-hetero) is 2. The van der Waals surface area contributed by atoms with E-state index >= 15 is 0 Å². The fraction of sp³-hybridized carbons (Fsp3) is 0.857. The molecule has 0 aromatic carbocycles. The molecule has 1 rings (SSSR count). The van der Waals surface area contributed by atoms with Crippen molar-refractivity contribution >= 4 is 17.5 Å². The van der Waals surface area contributed by atoms with Crippen LogP contribution in [0.4, 0.5) is 0 Å². The fourth-order valence-electron chi connectivity index (χ4n) is 4.11. The minimum Gasteiger partial charge on any atom is -0.462 e. The summed E-state index contributed by atoms with van der Waals surface area (Å²) >= 11 is 0. The van der Waals surface area contributed by atoms with E-state index in [1.807, 2.05) is 34.6 Å². The third kappa shape index (κ3) is 5.38. The molecule has 1 fully saturated rings. The maximum absolute atomic E-state index is 12.7. The summed E-state index contributed by atoms with van der Waals surface area (Å²) in [5.41, 5.74) is 0. The molecule has 0 radical (unpaired) electrons. The average molecular weight is 369 g/mol. The summed E-state index contributed by atoms with van der Waals surface area (Å²) in [6.45, 7) is 12.7. The second-order valence-electron chi connectivity index (χ2n) is 8.40. The third-order valence-electron chi connectivity index (χ3n) is 6.03. The first-order valence-electron chi connectivity index (χ1n) is 9.97. The Morgan fingerprint density at radius 3 is 1.81 bits per heavy atom. The number of ether oxygens (including phenoxy) is 1. The van der Waals surface area contributed by atoms with Crippen LogP contribution in [-0.2, 0) is 19.1 Å². The number of hydrogen-bond donors (Lipinski definition) is 1. The molecule has 0 saturated carbocycles. The molecule has 0 spiro atoms. The zero-order valence-electron chi connectivity index (χ0n) is 17.3. The lowest BCUT2D eigenvalue weighted by molar-refractivity contribution is -0.160. The molecule has 1 aliphatic heterocycles. The maximum atomic E-state index is 12.7. The van der Waals surface area contributed by atoms with Crippen molar-refractivity contribution in [3.05, 3.63) is 0 Å². The number of aliphatic hydroxyl groups is 1. The van der Waals surface area contributed by atoms with Gasteiger partial charge in [-0.3, -0.25) is 14.4 Å². The van der Waals surface area contributed by atoms with Gasteiger partial charge < -0.3 is 9.84 Å². The van der Waals surface area contributed by atoms with Gasteiger partial charge in [0.1, 0.15) is 17.7 Å². The van der Waals surface area contributed by atoms with E-state index in [4.69, 9.17) is 4.74 Å². The van der Waals surface area contributed by atoms with E-state index < -0.39 is 18.1 Å². The second kappa shape index (κ2) is 9.63. The van der Waals surface area contributed by atoms with Gasteiger partial charge in [0.05, 0.1) is 12.0 Å². The van der Waals surface area contributed by atoms with Crippen molar-refractivity contribution in [3.8, 4) is 0 Å². The van der Waals surface area contributed by atoms with E-state index in [2.05, 4.69) is 0 Å². The lowest BCUT2D eigenvalue weighted by Gasteiger charge is -2.32. The predicted molar refractivity (Wildman–Crippen MR) is 100 cm³/mol. The standard InChI is InChI=1S/C21H36O5/c1-8-17-15(6)20(24)16(7)19(23)13(4)9-11(2)18(22)12(3)10-14(5)21(25)26-17/h11-17,20,24H,8-10H2,1-7H3/t11-,12-,13+,14+,15-,16-,17+,20-/m0/s1. The van der Waals surface area contributed by atoms with Crippen LogP contribution in [0.25, 0.3) is 0 Å². The van der Waals surface area contributed by atoms with Crippen molar-refractivity contribution in [1.82, 2.24) is 0 Å². The molecule has 1 heterocycles. The summed E-state index contributed by atoms with van der Waals surface area (Å²) < 4.78 is 5.64. The van der Waals surface area contributed by atoms with E-state index in [1.54, 1.807) is 13.8 Å². The molecular weight excluding hydrogens is 332 g/mol. The van der Waals surface area contributed by atoms with E-state index in [-0.39, 0.29) is 47.1 Å². The Balaban J connectivity index is 3.16. The smallest absolute Gasteiger partial charge is 0.308 e. The molecule has 5 nitrogen and oxygen atoms in total. The van der Waals surface area contributed by atoms with E-state index in [9.17, 15) is 19.5 Å². The van der Waals surface area contributed by atoms with E-state index in [0.717, 1.165) is 0 Å². The highest BCUT2D eigenvalue weighted by molar-refractivity contribution is 5.86. The van der Waals surface area contributed by atoms with Gasteiger partial charge in [0.25, 0.3) is 0 Å². The lowest BCUT2D eigenvalue weighted by atomic mass is 9.78. The van der Waals surface area contributed by atoms with E-state index in [0.29, 0.717) is 19.3 Å². The molecule has 0 aliphatic carbocycles. The first-order chi connectivity index (χ1) is 12.0. The minimum absolute atomic E-state index is 0.0386. The highest BCUT2D eigenvalue weighted by Gasteiger charge is 2.37. The quantitative estimate of drug-likeness (QED) is 0.717. The molecule has 0 bridgehead atoms. The molecule has 0 aromatic heterocycles. The fourth-order valence-corrected chi connectivity index (χ4v) is 4.11. The summed E-state index contributed by atoms with van der Waals surface area (Å²) in [4.78, 5) is 37.8. The minimum atomic E-state index is -0.883. The van der Waals surface area contributed by atoms with Gasteiger partial charge in [0.15, 0.2) is 0 Å². The molecule has 1 N–H and O–H groups in total. The number of ketones is 2. The van der Waals surface area contributed by atoms with Crippen LogP contribution in [0.5, 0.6) is 0 Å². The van der Waals surface area contributed by atoms with Crippen LogP contribution in [0, 0.1) is 35.5 Å². The highest BCUT2D eigenvalue weighted by atomic mass is 16.5. The van der Waals surface area contributed by atoms with Gasteiger partial charge in [-0.2, -0.15) is 0 Å². The van der Waals surface area contributed by atoms with Crippen molar-refractivity contribution in [2.24, 2.45) is 35.5 Å². The summed E-state index contributed by atoms with van der Waals surface area (Å²) in [6.07, 6.45) is 0.153. The maximum Gasteiger partial charge on any atom is 0.308 e. The van der Waals surface area contributed by atoms with Crippen LogP contribution in [0.15, 0.2) is 0 Å². The normalized spacial score (nSPS) is 41.5. The van der Waals surface area contributed by atoms with Crippen LogP contribution in [-0.4, -0.2) is 34.9 Å². The molecule has 1 saturated heterocycles. The topological polar surface area (TPSA) is 80.7 Å². The zero-order valence-corrected chi connectivity index (χ0v) is 17.3. The number of hydrogen-bond acceptors (Lipinski definition) is 5. The Morgan fingerprint density at radius 1 is 0.846 bits per heavy atom. The molecule has 150 valence electrons. The number of cyclic esters (lactones) is 1. The predicted octanol–water partition coefficient (Wildman–Crippen LogP) is 3.42. The monoisotopic (exact) mass is 368 g/mol. The van der Waals surface area contributed by atoms with Gasteiger partial charge in [0, 0.05) is 29.6 Å². The Labute approximate surface area is 157 Å². The Kier molecular flexibility index (Phi) is 8.45. The Morgan fingerprint density at radius 2 is 1.31 bits per heavy atom. The Bertz CT molecular complexity index is 513. The van der Waals surface area contributed by atoms with Crippen molar-refractivity contribution < 1.29 is 24.2 Å². The molecule has 1 aliphatic rings. The Hall–Kier alpha value is -1.23. The number of rotatable bonds is 1. The van der Waals surface area contributed by atoms with Gasteiger partial charge in [-0.05, 0) is 19.3 Å². The molecule has 0 aromatic rings. The summed E-state index contributed by atoms with van der Waals surface area (Å²) in [6, 6.07) is 0. The van der Waals surface area contributed by atoms with Gasteiger partial charge in [-0.15, -0.1) is 0 Å². The molecule has 5 heteroatoms. The second-order valence-corrected chi connectivity index (χ2v) is 8.40. The third-order valence-corrected chi connectivity index (χ3v) is 6.03. The van der Waals surface area contributed by atoms with Crippen molar-refractivity contribution in [3.63, 3.8) is 0 Å². The summed E-state index contributed by atoms with van der Waals surface area (Å²) in [5, 5.41) is 10.7. The first kappa shape index (κ1) is 22.8. The number of carbonyl (C=O) groups excluding carboxylic acids is 3. The number of esters is 1. The molecule has 0 amide bonds. The largest absolute Gasteiger partial charge is 0.462 e. The van der Waals surface area contributed by atoms with Crippen LogP contribution in [0.2, 0.25) is 0 Å². The number of carbonyl (C=O) groups is 3. The number of aliphatic hydroxyl groups excluding tert-OH is 1. The van der Waals surface area contributed by atoms with Crippen molar-refractivity contribution in [2.75, 3.05) is 0 Å². The zero-order chi connectivity index (χ0) is 20.2. The van der Waals surface area contributed by atoms with Crippen LogP contribution >= 0.6 is 0 Å². The van der Waals surface area contributed by atoms with Gasteiger partial charge in [-0.1, -0.05) is 48.5 Å². The first-order valence-corrected chi connectivity index (χ1v) is 9.97. The van der Waals surface area contributed by atoms with Crippen LogP contribution in [0.3, 0.4) is 0 Å². The SMILES string of the molecule is CC[C@H]1OC(=O)[C@H](C)C[C@H](C)C(=O)[C@@H](C)C[C@@H](C)C(=O)[C@H](C)[C@@H](O)[C@H]1C. The van der Waals surface area contributed by atoms with Gasteiger partial charge >= 0.3 is 5.97 Å².